The summed E-state index contributed by atoms with van der Waals surface area (Å²) in [6.07, 6.45) is 0. The molecule has 0 aliphatic carbocycles. The van der Waals surface area contributed by atoms with Crippen LogP contribution in [-0.4, -0.2) is 19.3 Å². The van der Waals surface area contributed by atoms with Gasteiger partial charge in [0.1, 0.15) is 17.2 Å². The summed E-state index contributed by atoms with van der Waals surface area (Å²) >= 11 is 0. The molecular formula is C12H12O3. The molecule has 2 rings (SSSR count). The Morgan fingerprint density at radius 2 is 1.67 bits per heavy atom. The smallest absolute Gasteiger partial charge is 0.130 e. The Balaban J connectivity index is 2.82. The highest BCUT2D eigenvalue weighted by Crippen LogP contribution is 2.35. The van der Waals surface area contributed by atoms with E-state index < -0.39 is 0 Å². The first-order valence-corrected chi connectivity index (χ1v) is 4.60. The van der Waals surface area contributed by atoms with E-state index in [-0.39, 0.29) is 5.75 Å². The number of benzene rings is 2. The van der Waals surface area contributed by atoms with Crippen molar-refractivity contribution in [2.75, 3.05) is 14.2 Å². The van der Waals surface area contributed by atoms with Gasteiger partial charge in [0, 0.05) is 16.8 Å². The summed E-state index contributed by atoms with van der Waals surface area (Å²) in [4.78, 5) is 0. The summed E-state index contributed by atoms with van der Waals surface area (Å²) in [5, 5.41) is 11.3. The second kappa shape index (κ2) is 3.69. The van der Waals surface area contributed by atoms with Gasteiger partial charge in [-0.25, -0.2) is 0 Å². The van der Waals surface area contributed by atoms with Crippen molar-refractivity contribution in [3.63, 3.8) is 0 Å². The standard InChI is InChI=1S/C12H12O3/c1-14-11-5-3-4-9-10(11)6-8(13)7-12(9)15-2/h3-7,13H,1-2H3. The second-order valence-electron chi connectivity index (χ2n) is 3.20. The lowest BCUT2D eigenvalue weighted by Gasteiger charge is -2.09. The molecule has 78 valence electrons. The van der Waals surface area contributed by atoms with Crippen LogP contribution in [0.4, 0.5) is 0 Å². The van der Waals surface area contributed by atoms with Gasteiger partial charge in [-0.05, 0) is 12.1 Å². The average molecular weight is 204 g/mol. The Labute approximate surface area is 87.9 Å². The van der Waals surface area contributed by atoms with E-state index in [0.29, 0.717) is 5.75 Å². The zero-order valence-electron chi connectivity index (χ0n) is 8.65. The van der Waals surface area contributed by atoms with Gasteiger partial charge >= 0.3 is 0 Å². The van der Waals surface area contributed by atoms with Crippen LogP contribution in [0.25, 0.3) is 10.8 Å². The van der Waals surface area contributed by atoms with Crippen molar-refractivity contribution in [1.82, 2.24) is 0 Å². The van der Waals surface area contributed by atoms with Crippen LogP contribution in [0.5, 0.6) is 17.2 Å². The summed E-state index contributed by atoms with van der Waals surface area (Å²) in [5.41, 5.74) is 0. The number of hydrogen-bond acceptors (Lipinski definition) is 3. The maximum absolute atomic E-state index is 9.53. The zero-order valence-corrected chi connectivity index (χ0v) is 8.65. The van der Waals surface area contributed by atoms with Crippen LogP contribution in [0.15, 0.2) is 30.3 Å². The minimum absolute atomic E-state index is 0.170. The quantitative estimate of drug-likeness (QED) is 0.817. The molecule has 2 aromatic carbocycles. The van der Waals surface area contributed by atoms with E-state index in [1.165, 1.54) is 0 Å². The van der Waals surface area contributed by atoms with E-state index in [9.17, 15) is 5.11 Å². The molecule has 0 atom stereocenters. The SMILES string of the molecule is COc1cc(O)cc2c(OC)cccc12. The highest BCUT2D eigenvalue weighted by molar-refractivity contribution is 5.94. The van der Waals surface area contributed by atoms with Crippen molar-refractivity contribution >= 4 is 10.8 Å². The van der Waals surface area contributed by atoms with Crippen LogP contribution < -0.4 is 9.47 Å². The van der Waals surface area contributed by atoms with Gasteiger partial charge in [-0.2, -0.15) is 0 Å². The minimum atomic E-state index is 0.170. The largest absolute Gasteiger partial charge is 0.508 e. The molecule has 0 unspecified atom stereocenters. The number of hydrogen-bond donors (Lipinski definition) is 1. The summed E-state index contributed by atoms with van der Waals surface area (Å²) in [6, 6.07) is 8.91. The highest BCUT2D eigenvalue weighted by Gasteiger charge is 2.07. The number of ether oxygens (including phenoxy) is 2. The van der Waals surface area contributed by atoms with Crippen molar-refractivity contribution in [2.45, 2.75) is 0 Å². The molecule has 0 spiro atoms. The third-order valence-corrected chi connectivity index (χ3v) is 2.34. The van der Waals surface area contributed by atoms with E-state index in [4.69, 9.17) is 9.47 Å². The van der Waals surface area contributed by atoms with E-state index in [1.54, 1.807) is 26.4 Å². The lowest BCUT2D eigenvalue weighted by atomic mass is 10.1. The number of fused-ring (bicyclic) bond motifs is 1. The van der Waals surface area contributed by atoms with Crippen molar-refractivity contribution in [2.24, 2.45) is 0 Å². The number of rotatable bonds is 2. The van der Waals surface area contributed by atoms with Crippen LogP contribution in [-0.2, 0) is 0 Å². The van der Waals surface area contributed by atoms with Crippen LogP contribution in [0.2, 0.25) is 0 Å². The molecule has 0 radical (unpaired) electrons. The van der Waals surface area contributed by atoms with Crippen LogP contribution in [0.1, 0.15) is 0 Å². The van der Waals surface area contributed by atoms with Gasteiger partial charge < -0.3 is 14.6 Å². The third-order valence-electron chi connectivity index (χ3n) is 2.34. The Morgan fingerprint density at radius 3 is 2.33 bits per heavy atom. The van der Waals surface area contributed by atoms with Crippen molar-refractivity contribution in [3.05, 3.63) is 30.3 Å². The van der Waals surface area contributed by atoms with E-state index in [0.717, 1.165) is 16.5 Å². The minimum Gasteiger partial charge on any atom is -0.508 e. The fourth-order valence-electron chi connectivity index (χ4n) is 1.66. The molecule has 0 heterocycles. The highest BCUT2D eigenvalue weighted by atomic mass is 16.5. The van der Waals surface area contributed by atoms with Crippen molar-refractivity contribution in [1.29, 1.82) is 0 Å². The van der Waals surface area contributed by atoms with E-state index in [2.05, 4.69) is 0 Å². The lowest BCUT2D eigenvalue weighted by molar-refractivity contribution is 0.409. The molecule has 2 aromatic rings. The van der Waals surface area contributed by atoms with Gasteiger partial charge in [0.25, 0.3) is 0 Å². The topological polar surface area (TPSA) is 38.7 Å². The van der Waals surface area contributed by atoms with Crippen molar-refractivity contribution in [3.8, 4) is 17.2 Å². The molecule has 0 saturated carbocycles. The first kappa shape index (κ1) is 9.65. The van der Waals surface area contributed by atoms with Gasteiger partial charge in [0.05, 0.1) is 14.2 Å². The predicted molar refractivity (Wildman–Crippen MR) is 58.7 cm³/mol. The second-order valence-corrected chi connectivity index (χ2v) is 3.20. The lowest BCUT2D eigenvalue weighted by Crippen LogP contribution is -1.88. The molecule has 3 nitrogen and oxygen atoms in total. The van der Waals surface area contributed by atoms with Gasteiger partial charge in [0.2, 0.25) is 0 Å². The summed E-state index contributed by atoms with van der Waals surface area (Å²) in [7, 11) is 3.18. The molecule has 3 heteroatoms. The van der Waals surface area contributed by atoms with Crippen LogP contribution >= 0.6 is 0 Å². The first-order valence-electron chi connectivity index (χ1n) is 4.60. The maximum atomic E-state index is 9.53. The Bertz CT molecular complexity index is 491. The molecule has 0 fully saturated rings. The van der Waals surface area contributed by atoms with Crippen LogP contribution in [0, 0.1) is 0 Å². The average Bonchev–Trinajstić information content (AvgIpc) is 2.27. The normalized spacial score (nSPS) is 10.3. The van der Waals surface area contributed by atoms with E-state index in [1.807, 2.05) is 18.2 Å². The first-order chi connectivity index (χ1) is 7.26. The van der Waals surface area contributed by atoms with Crippen molar-refractivity contribution < 1.29 is 14.6 Å². The summed E-state index contributed by atoms with van der Waals surface area (Å²) in [6.45, 7) is 0. The molecule has 0 aliphatic heterocycles. The Morgan fingerprint density at radius 1 is 0.933 bits per heavy atom. The number of phenolic OH excluding ortho intramolecular Hbond substituents is 1. The number of methoxy groups -OCH3 is 2. The third kappa shape index (κ3) is 1.56. The fourth-order valence-corrected chi connectivity index (χ4v) is 1.66. The zero-order chi connectivity index (χ0) is 10.8. The van der Waals surface area contributed by atoms with Gasteiger partial charge in [-0.15, -0.1) is 0 Å². The molecule has 0 amide bonds. The number of phenols is 1. The molecule has 0 bridgehead atoms. The molecular weight excluding hydrogens is 192 g/mol. The summed E-state index contributed by atoms with van der Waals surface area (Å²) < 4.78 is 10.4. The summed E-state index contributed by atoms with van der Waals surface area (Å²) in [5.74, 6) is 1.54. The van der Waals surface area contributed by atoms with Gasteiger partial charge in [-0.1, -0.05) is 12.1 Å². The molecule has 0 aliphatic rings. The monoisotopic (exact) mass is 204 g/mol. The molecule has 0 saturated heterocycles. The van der Waals surface area contributed by atoms with Gasteiger partial charge in [0.15, 0.2) is 0 Å². The van der Waals surface area contributed by atoms with Crippen LogP contribution in [0.3, 0.4) is 0 Å². The molecule has 1 N–H and O–H groups in total. The predicted octanol–water partition coefficient (Wildman–Crippen LogP) is 2.56. The Hall–Kier alpha value is -1.90. The Kier molecular flexibility index (Phi) is 2.37. The molecule has 0 aromatic heterocycles. The van der Waals surface area contributed by atoms with E-state index >= 15 is 0 Å². The maximum Gasteiger partial charge on any atom is 0.130 e. The fraction of sp³-hybridized carbons (Fsp3) is 0.167. The molecule has 15 heavy (non-hydrogen) atoms. The van der Waals surface area contributed by atoms with Gasteiger partial charge in [-0.3, -0.25) is 0 Å². The number of aromatic hydroxyl groups is 1.